The van der Waals surface area contributed by atoms with Gasteiger partial charge in [-0.3, -0.25) is 0 Å². The van der Waals surface area contributed by atoms with Crippen LogP contribution < -0.4 is 4.72 Å². The average molecular weight is 305 g/mol. The quantitative estimate of drug-likeness (QED) is 0.893. The van der Waals surface area contributed by atoms with Crippen LogP contribution >= 0.6 is 34.8 Å². The molecule has 0 aliphatic rings. The standard InChI is InChI=1S/C8H8Cl3NO3S/c9-5-3-6(10)8(7(11)4-5)16(14,15)12-1-2-13/h3-4,12-13H,1-2H2. The van der Waals surface area contributed by atoms with Gasteiger partial charge in [-0.15, -0.1) is 0 Å². The van der Waals surface area contributed by atoms with Crippen LogP contribution in [0.4, 0.5) is 0 Å². The number of hydrogen-bond donors (Lipinski definition) is 2. The first-order valence-corrected chi connectivity index (χ1v) is 6.75. The molecule has 0 bridgehead atoms. The molecule has 1 aromatic rings. The second-order valence-corrected chi connectivity index (χ2v) is 5.77. The van der Waals surface area contributed by atoms with E-state index in [0.717, 1.165) is 0 Å². The molecule has 1 rings (SSSR count). The van der Waals surface area contributed by atoms with Gasteiger partial charge in [0.25, 0.3) is 0 Å². The molecule has 0 unspecified atom stereocenters. The maximum Gasteiger partial charge on any atom is 0.243 e. The molecule has 0 saturated heterocycles. The Morgan fingerprint density at radius 2 is 1.69 bits per heavy atom. The van der Waals surface area contributed by atoms with Crippen LogP contribution in [-0.4, -0.2) is 26.7 Å². The lowest BCUT2D eigenvalue weighted by Crippen LogP contribution is -2.27. The maximum absolute atomic E-state index is 11.7. The lowest BCUT2D eigenvalue weighted by molar-refractivity contribution is 0.301. The second kappa shape index (κ2) is 5.53. The third kappa shape index (κ3) is 3.23. The first-order chi connectivity index (χ1) is 7.38. The lowest BCUT2D eigenvalue weighted by Gasteiger charge is -2.09. The van der Waals surface area contributed by atoms with Crippen molar-refractivity contribution in [3.05, 3.63) is 27.2 Å². The van der Waals surface area contributed by atoms with Gasteiger partial charge in [-0.2, -0.15) is 0 Å². The summed E-state index contributed by atoms with van der Waals surface area (Å²) >= 11 is 17.1. The van der Waals surface area contributed by atoms with E-state index in [1.807, 2.05) is 0 Å². The normalized spacial score (nSPS) is 11.8. The molecule has 16 heavy (non-hydrogen) atoms. The number of halogens is 3. The highest BCUT2D eigenvalue weighted by atomic mass is 35.5. The summed E-state index contributed by atoms with van der Waals surface area (Å²) in [5.74, 6) is 0. The van der Waals surface area contributed by atoms with Crippen molar-refractivity contribution in [1.29, 1.82) is 0 Å². The van der Waals surface area contributed by atoms with Gasteiger partial charge in [-0.05, 0) is 12.1 Å². The Hall–Kier alpha value is -0.0400. The Bertz CT molecular complexity index is 466. The van der Waals surface area contributed by atoms with Crippen molar-refractivity contribution in [3.63, 3.8) is 0 Å². The Labute approximate surface area is 108 Å². The van der Waals surface area contributed by atoms with Crippen LogP contribution in [0.5, 0.6) is 0 Å². The predicted molar refractivity (Wildman–Crippen MR) is 63.7 cm³/mol. The monoisotopic (exact) mass is 303 g/mol. The van der Waals surface area contributed by atoms with Crippen LogP contribution in [-0.2, 0) is 10.0 Å². The fourth-order valence-corrected chi connectivity index (χ4v) is 3.60. The van der Waals surface area contributed by atoms with Gasteiger partial charge < -0.3 is 5.11 Å². The van der Waals surface area contributed by atoms with Crippen molar-refractivity contribution in [2.75, 3.05) is 13.2 Å². The van der Waals surface area contributed by atoms with E-state index < -0.39 is 10.0 Å². The summed E-state index contributed by atoms with van der Waals surface area (Å²) in [6.45, 7) is -0.431. The highest BCUT2D eigenvalue weighted by molar-refractivity contribution is 7.89. The smallest absolute Gasteiger partial charge is 0.243 e. The van der Waals surface area contributed by atoms with Crippen molar-refractivity contribution in [2.45, 2.75) is 4.90 Å². The summed E-state index contributed by atoms with van der Waals surface area (Å²) < 4.78 is 25.6. The molecular weight excluding hydrogens is 297 g/mol. The topological polar surface area (TPSA) is 66.4 Å². The Morgan fingerprint density at radius 1 is 1.19 bits per heavy atom. The van der Waals surface area contributed by atoms with Gasteiger partial charge in [-0.1, -0.05) is 34.8 Å². The molecule has 0 saturated carbocycles. The van der Waals surface area contributed by atoms with E-state index in [1.165, 1.54) is 12.1 Å². The van der Waals surface area contributed by atoms with E-state index in [2.05, 4.69) is 4.72 Å². The van der Waals surface area contributed by atoms with Crippen molar-refractivity contribution in [2.24, 2.45) is 0 Å². The minimum Gasteiger partial charge on any atom is -0.395 e. The minimum atomic E-state index is -3.83. The van der Waals surface area contributed by atoms with Gasteiger partial charge in [0.1, 0.15) is 4.90 Å². The first-order valence-electron chi connectivity index (χ1n) is 4.13. The van der Waals surface area contributed by atoms with Gasteiger partial charge in [-0.25, -0.2) is 13.1 Å². The summed E-state index contributed by atoms with van der Waals surface area (Å²) in [5, 5.41) is 8.66. The molecule has 0 aliphatic carbocycles. The molecular formula is C8H8Cl3NO3S. The minimum absolute atomic E-state index is 0.0667. The number of aliphatic hydroxyl groups excluding tert-OH is 1. The van der Waals surface area contributed by atoms with Gasteiger partial charge >= 0.3 is 0 Å². The van der Waals surface area contributed by atoms with Crippen LogP contribution in [0.25, 0.3) is 0 Å². The number of benzene rings is 1. The molecule has 0 aliphatic heterocycles. The van der Waals surface area contributed by atoms with Crippen LogP contribution in [0, 0.1) is 0 Å². The van der Waals surface area contributed by atoms with Crippen molar-refractivity contribution >= 4 is 44.8 Å². The molecule has 0 aromatic heterocycles. The summed E-state index contributed by atoms with van der Waals surface area (Å²) in [7, 11) is -3.83. The van der Waals surface area contributed by atoms with E-state index in [9.17, 15) is 8.42 Å². The summed E-state index contributed by atoms with van der Waals surface area (Å²) in [4.78, 5) is -0.242. The molecule has 0 fully saturated rings. The highest BCUT2D eigenvalue weighted by Gasteiger charge is 2.21. The number of rotatable bonds is 4. The molecule has 0 atom stereocenters. The van der Waals surface area contributed by atoms with Gasteiger partial charge in [0.05, 0.1) is 16.7 Å². The van der Waals surface area contributed by atoms with E-state index in [4.69, 9.17) is 39.9 Å². The summed E-state index contributed by atoms with van der Waals surface area (Å²) in [5.41, 5.74) is 0. The van der Waals surface area contributed by atoms with E-state index in [0.29, 0.717) is 0 Å². The van der Waals surface area contributed by atoms with Crippen LogP contribution in [0.3, 0.4) is 0 Å². The fraction of sp³-hybridized carbons (Fsp3) is 0.250. The molecule has 0 heterocycles. The van der Waals surface area contributed by atoms with Crippen LogP contribution in [0.2, 0.25) is 15.1 Å². The molecule has 0 radical (unpaired) electrons. The predicted octanol–water partition coefficient (Wildman–Crippen LogP) is 1.92. The molecule has 90 valence electrons. The van der Waals surface area contributed by atoms with Gasteiger partial charge in [0, 0.05) is 11.6 Å². The Morgan fingerprint density at radius 3 is 2.12 bits per heavy atom. The zero-order valence-corrected chi connectivity index (χ0v) is 11.0. The first kappa shape index (κ1) is 14.0. The molecule has 2 N–H and O–H groups in total. The fourth-order valence-electron chi connectivity index (χ4n) is 1.04. The second-order valence-electron chi connectivity index (χ2n) is 2.82. The third-order valence-electron chi connectivity index (χ3n) is 1.64. The molecule has 8 heteroatoms. The maximum atomic E-state index is 11.7. The van der Waals surface area contributed by atoms with Gasteiger partial charge in [0.2, 0.25) is 10.0 Å². The number of hydrogen-bond acceptors (Lipinski definition) is 3. The number of nitrogens with one attached hydrogen (secondary N) is 1. The van der Waals surface area contributed by atoms with Crippen molar-refractivity contribution < 1.29 is 13.5 Å². The van der Waals surface area contributed by atoms with E-state index >= 15 is 0 Å². The van der Waals surface area contributed by atoms with Crippen molar-refractivity contribution in [1.82, 2.24) is 4.72 Å². The van der Waals surface area contributed by atoms with E-state index in [1.54, 1.807) is 0 Å². The van der Waals surface area contributed by atoms with Crippen LogP contribution in [0.1, 0.15) is 0 Å². The number of aliphatic hydroxyl groups is 1. The number of sulfonamides is 1. The van der Waals surface area contributed by atoms with Gasteiger partial charge in [0.15, 0.2) is 0 Å². The molecule has 0 amide bonds. The largest absolute Gasteiger partial charge is 0.395 e. The zero-order valence-electron chi connectivity index (χ0n) is 7.87. The molecule has 4 nitrogen and oxygen atoms in total. The molecule has 1 aromatic carbocycles. The summed E-state index contributed by atoms with van der Waals surface area (Å²) in [6, 6.07) is 2.56. The lowest BCUT2D eigenvalue weighted by atomic mass is 10.4. The Kier molecular flexibility index (Phi) is 4.85. The van der Waals surface area contributed by atoms with Crippen molar-refractivity contribution in [3.8, 4) is 0 Å². The average Bonchev–Trinajstić information content (AvgIpc) is 2.12. The highest BCUT2D eigenvalue weighted by Crippen LogP contribution is 2.32. The van der Waals surface area contributed by atoms with E-state index in [-0.39, 0.29) is 33.1 Å². The Balaban J connectivity index is 3.23. The third-order valence-corrected chi connectivity index (χ3v) is 4.24. The zero-order chi connectivity index (χ0) is 12.3. The van der Waals surface area contributed by atoms with Crippen LogP contribution in [0.15, 0.2) is 17.0 Å². The SMILES string of the molecule is O=S(=O)(NCCO)c1c(Cl)cc(Cl)cc1Cl. The summed E-state index contributed by atoms with van der Waals surface area (Å²) in [6.07, 6.45) is 0. The molecule has 0 spiro atoms.